The van der Waals surface area contributed by atoms with Crippen molar-refractivity contribution >= 4 is 22.4 Å². The molecule has 1 aliphatic heterocycles. The van der Waals surface area contributed by atoms with E-state index in [4.69, 9.17) is 0 Å². The number of nitrogens with zero attached hydrogens (tertiary/aromatic N) is 1. The third kappa shape index (κ3) is 3.81. The fraction of sp³-hybridized carbons (Fsp3) is 1.00. The highest BCUT2D eigenvalue weighted by atomic mass is 35.5. The lowest BCUT2D eigenvalue weighted by Gasteiger charge is -2.40. The highest BCUT2D eigenvalue weighted by Crippen LogP contribution is 2.31. The zero-order chi connectivity index (χ0) is 11.6. The van der Waals surface area contributed by atoms with Crippen molar-refractivity contribution in [3.63, 3.8) is 0 Å². The summed E-state index contributed by atoms with van der Waals surface area (Å²) in [6.45, 7) is 1.97. The molecule has 2 aliphatic rings. The Bertz CT molecular complexity index is 322. The molecule has 0 radical (unpaired) electrons. The molecule has 0 spiro atoms. The number of hydrogen-bond acceptors (Lipinski definition) is 3. The van der Waals surface area contributed by atoms with Crippen LogP contribution in [0.4, 0.5) is 0 Å². The lowest BCUT2D eigenvalue weighted by Crippen LogP contribution is -2.49. The maximum atomic E-state index is 11.9. The van der Waals surface area contributed by atoms with Crippen LogP contribution in [0.25, 0.3) is 0 Å². The highest BCUT2D eigenvalue weighted by Gasteiger charge is 2.36. The molecule has 6 heteroatoms. The summed E-state index contributed by atoms with van der Waals surface area (Å²) in [5.41, 5.74) is 0. The predicted molar refractivity (Wildman–Crippen MR) is 72.1 cm³/mol. The maximum Gasteiger partial charge on any atom is 0.211 e. The molecule has 0 amide bonds. The Morgan fingerprint density at radius 1 is 1.00 bits per heavy atom. The van der Waals surface area contributed by atoms with Gasteiger partial charge in [0.15, 0.2) is 0 Å². The largest absolute Gasteiger partial charge is 0.317 e. The van der Waals surface area contributed by atoms with Crippen molar-refractivity contribution in [2.45, 2.75) is 50.6 Å². The van der Waals surface area contributed by atoms with Crippen LogP contribution in [0, 0.1) is 0 Å². The Hall–Kier alpha value is 0.160. The van der Waals surface area contributed by atoms with Crippen LogP contribution in [0.1, 0.15) is 38.5 Å². The zero-order valence-corrected chi connectivity index (χ0v) is 12.0. The second-order valence-electron chi connectivity index (χ2n) is 5.01. The minimum atomic E-state index is -3.04. The smallest absolute Gasteiger partial charge is 0.211 e. The lowest BCUT2D eigenvalue weighted by atomic mass is 9.91. The monoisotopic (exact) mass is 282 g/mol. The van der Waals surface area contributed by atoms with Gasteiger partial charge in [0.1, 0.15) is 0 Å². The summed E-state index contributed by atoms with van der Waals surface area (Å²) < 4.78 is 25.6. The molecule has 102 valence electrons. The second-order valence-corrected chi connectivity index (χ2v) is 6.90. The fourth-order valence-electron chi connectivity index (χ4n) is 2.74. The van der Waals surface area contributed by atoms with Gasteiger partial charge in [0, 0.05) is 12.1 Å². The van der Waals surface area contributed by atoms with Crippen LogP contribution in [-0.4, -0.2) is 44.2 Å². The minimum Gasteiger partial charge on any atom is -0.317 e. The molecule has 4 nitrogen and oxygen atoms in total. The third-order valence-electron chi connectivity index (χ3n) is 3.72. The van der Waals surface area contributed by atoms with Crippen LogP contribution < -0.4 is 5.32 Å². The van der Waals surface area contributed by atoms with Gasteiger partial charge in [0.05, 0.1) is 6.26 Å². The molecule has 1 saturated carbocycles. The van der Waals surface area contributed by atoms with Gasteiger partial charge in [0.25, 0.3) is 0 Å². The van der Waals surface area contributed by atoms with Crippen molar-refractivity contribution < 1.29 is 8.42 Å². The average molecular weight is 283 g/mol. The maximum absolute atomic E-state index is 11.9. The molecule has 17 heavy (non-hydrogen) atoms. The van der Waals surface area contributed by atoms with Crippen molar-refractivity contribution in [1.82, 2.24) is 9.62 Å². The van der Waals surface area contributed by atoms with E-state index in [0.717, 1.165) is 45.2 Å². The van der Waals surface area contributed by atoms with E-state index in [1.807, 2.05) is 4.31 Å². The molecule has 0 aromatic carbocycles. The highest BCUT2D eigenvalue weighted by molar-refractivity contribution is 7.88. The fourth-order valence-corrected chi connectivity index (χ4v) is 4.24. The van der Waals surface area contributed by atoms with Gasteiger partial charge in [-0.15, -0.1) is 12.4 Å². The number of nitrogens with one attached hydrogen (secondary N) is 1. The molecule has 1 saturated heterocycles. The van der Waals surface area contributed by atoms with Gasteiger partial charge in [-0.3, -0.25) is 0 Å². The summed E-state index contributed by atoms with van der Waals surface area (Å²) in [7, 11) is -3.04. The van der Waals surface area contributed by atoms with E-state index >= 15 is 0 Å². The summed E-state index contributed by atoms with van der Waals surface area (Å²) in [6, 6.07) is 0.522. The van der Waals surface area contributed by atoms with E-state index in [9.17, 15) is 8.42 Å². The quantitative estimate of drug-likeness (QED) is 0.850. The van der Waals surface area contributed by atoms with Crippen LogP contribution in [0.3, 0.4) is 0 Å². The number of hydrogen-bond donors (Lipinski definition) is 1. The molecule has 1 atom stereocenters. The van der Waals surface area contributed by atoms with Crippen molar-refractivity contribution in [3.8, 4) is 0 Å². The van der Waals surface area contributed by atoms with Gasteiger partial charge >= 0.3 is 0 Å². The van der Waals surface area contributed by atoms with Crippen LogP contribution in [0.5, 0.6) is 0 Å². The molecular weight excluding hydrogens is 260 g/mol. The molecule has 0 bridgehead atoms. The van der Waals surface area contributed by atoms with E-state index in [0.29, 0.717) is 0 Å². The Morgan fingerprint density at radius 2 is 1.59 bits per heavy atom. The van der Waals surface area contributed by atoms with Gasteiger partial charge in [0.2, 0.25) is 10.0 Å². The molecule has 2 fully saturated rings. The van der Waals surface area contributed by atoms with Crippen LogP contribution >= 0.6 is 12.4 Å². The van der Waals surface area contributed by atoms with E-state index in [1.54, 1.807) is 0 Å². The molecule has 0 aromatic heterocycles. The summed E-state index contributed by atoms with van der Waals surface area (Å²) in [5.74, 6) is 0. The first kappa shape index (κ1) is 15.2. The van der Waals surface area contributed by atoms with Gasteiger partial charge in [-0.25, -0.2) is 8.42 Å². The molecule has 1 heterocycles. The zero-order valence-electron chi connectivity index (χ0n) is 10.4. The number of sulfonamides is 1. The summed E-state index contributed by atoms with van der Waals surface area (Å²) in [6.07, 6.45) is 7.71. The molecular formula is C11H23ClN2O2S. The van der Waals surface area contributed by atoms with E-state index in [1.165, 1.54) is 12.7 Å². The Labute approximate surface area is 111 Å². The van der Waals surface area contributed by atoms with Crippen LogP contribution in [-0.2, 0) is 10.0 Å². The summed E-state index contributed by atoms with van der Waals surface area (Å²) in [4.78, 5) is 0. The SMILES string of the molecule is CS(=O)(=O)N(C1CCC1)C1CCCNCC1.Cl. The van der Waals surface area contributed by atoms with E-state index in [2.05, 4.69) is 5.32 Å². The standard InChI is InChI=1S/C11H22N2O2S.ClH/c1-16(14,15)13(10-4-2-5-10)11-6-3-8-12-9-7-11;/h10-12H,2-9H2,1H3;1H. The van der Waals surface area contributed by atoms with E-state index in [-0.39, 0.29) is 24.5 Å². The first-order chi connectivity index (χ1) is 7.59. The molecule has 0 aromatic rings. The predicted octanol–water partition coefficient (Wildman–Crippen LogP) is 1.36. The van der Waals surface area contributed by atoms with Gasteiger partial charge in [-0.05, 0) is 45.2 Å². The Morgan fingerprint density at radius 3 is 2.12 bits per heavy atom. The van der Waals surface area contributed by atoms with Gasteiger partial charge in [-0.1, -0.05) is 6.42 Å². The molecule has 1 unspecified atom stereocenters. The Kier molecular flexibility index (Phi) is 5.70. The summed E-state index contributed by atoms with van der Waals surface area (Å²) >= 11 is 0. The molecule has 2 rings (SSSR count). The van der Waals surface area contributed by atoms with Crippen molar-refractivity contribution in [2.75, 3.05) is 19.3 Å². The summed E-state index contributed by atoms with van der Waals surface area (Å²) in [5, 5.41) is 3.34. The Balaban J connectivity index is 0.00000144. The number of halogens is 1. The van der Waals surface area contributed by atoms with Gasteiger partial charge in [-0.2, -0.15) is 4.31 Å². The third-order valence-corrected chi connectivity index (χ3v) is 5.08. The minimum absolute atomic E-state index is 0. The molecule has 1 aliphatic carbocycles. The first-order valence-electron chi connectivity index (χ1n) is 6.28. The normalized spacial score (nSPS) is 27.1. The first-order valence-corrected chi connectivity index (χ1v) is 8.13. The van der Waals surface area contributed by atoms with Crippen LogP contribution in [0.15, 0.2) is 0 Å². The van der Waals surface area contributed by atoms with Crippen molar-refractivity contribution in [1.29, 1.82) is 0 Å². The van der Waals surface area contributed by atoms with Crippen molar-refractivity contribution in [3.05, 3.63) is 0 Å². The molecule has 1 N–H and O–H groups in total. The second kappa shape index (κ2) is 6.36. The topological polar surface area (TPSA) is 49.4 Å². The van der Waals surface area contributed by atoms with Gasteiger partial charge < -0.3 is 5.32 Å². The van der Waals surface area contributed by atoms with E-state index < -0.39 is 10.0 Å². The average Bonchev–Trinajstić information content (AvgIpc) is 2.36. The lowest BCUT2D eigenvalue weighted by molar-refractivity contribution is 0.164. The van der Waals surface area contributed by atoms with Crippen LogP contribution in [0.2, 0.25) is 0 Å². The van der Waals surface area contributed by atoms with Crippen molar-refractivity contribution in [2.24, 2.45) is 0 Å². The number of rotatable bonds is 3.